The molecule has 2 aromatic rings. The maximum atomic E-state index is 13.5. The monoisotopic (exact) mass is 413 g/mol. The molecule has 2 unspecified atom stereocenters. The fraction of sp³-hybridized carbons (Fsp3) is 0.444. The SMILES string of the molecule is Cc1cc(S(N)=O)ccc1Nc1ncc(C(F)(F)F)c(N2CCCC(C)C2)n1. The van der Waals surface area contributed by atoms with E-state index in [1.807, 2.05) is 6.92 Å². The van der Waals surface area contributed by atoms with E-state index in [0.29, 0.717) is 29.6 Å². The Morgan fingerprint density at radius 3 is 2.71 bits per heavy atom. The number of aromatic nitrogens is 2. The summed E-state index contributed by atoms with van der Waals surface area (Å²) in [5.41, 5.74) is 0.498. The number of nitrogens with two attached hydrogens (primary N) is 1. The number of hydrogen-bond donors (Lipinski definition) is 2. The van der Waals surface area contributed by atoms with Crippen LogP contribution in [-0.2, 0) is 17.2 Å². The Hall–Kier alpha value is -2.20. The molecule has 1 aliphatic heterocycles. The van der Waals surface area contributed by atoms with Gasteiger partial charge in [-0.1, -0.05) is 6.92 Å². The van der Waals surface area contributed by atoms with E-state index < -0.39 is 22.7 Å². The van der Waals surface area contributed by atoms with Gasteiger partial charge in [-0.05, 0) is 49.4 Å². The molecular formula is C18H22F3N5OS. The number of halogens is 3. The van der Waals surface area contributed by atoms with Crippen LogP contribution >= 0.6 is 0 Å². The van der Waals surface area contributed by atoms with Crippen LogP contribution in [0.4, 0.5) is 30.6 Å². The van der Waals surface area contributed by atoms with E-state index in [2.05, 4.69) is 15.3 Å². The molecule has 1 aliphatic rings. The predicted molar refractivity (Wildman–Crippen MR) is 103 cm³/mol. The highest BCUT2D eigenvalue weighted by molar-refractivity contribution is 7.82. The molecule has 0 spiro atoms. The Kier molecular flexibility index (Phi) is 5.90. The molecule has 6 nitrogen and oxygen atoms in total. The number of hydrogen-bond acceptors (Lipinski definition) is 5. The van der Waals surface area contributed by atoms with Gasteiger partial charge in [-0.2, -0.15) is 18.2 Å². The van der Waals surface area contributed by atoms with Gasteiger partial charge in [0.05, 0.1) is 4.90 Å². The molecule has 0 radical (unpaired) electrons. The topological polar surface area (TPSA) is 84.1 Å². The standard InChI is InChI=1S/C18H22F3N5OS/c1-11-4-3-7-26(10-11)16-14(18(19,20)21)9-23-17(25-16)24-15-6-5-13(28(22)27)8-12(15)2/h5-6,8-9,11H,3-4,7,10,22H2,1-2H3,(H,23,24,25). The third-order valence-electron chi connectivity index (χ3n) is 4.71. The summed E-state index contributed by atoms with van der Waals surface area (Å²) in [6, 6.07) is 4.89. The van der Waals surface area contributed by atoms with E-state index in [1.54, 1.807) is 30.0 Å². The van der Waals surface area contributed by atoms with Crippen LogP contribution in [0.2, 0.25) is 0 Å². The number of rotatable bonds is 4. The van der Waals surface area contributed by atoms with Crippen LogP contribution in [0.25, 0.3) is 0 Å². The summed E-state index contributed by atoms with van der Waals surface area (Å²) in [4.78, 5) is 10.2. The molecule has 1 saturated heterocycles. The van der Waals surface area contributed by atoms with Crippen LogP contribution in [0.15, 0.2) is 29.3 Å². The summed E-state index contributed by atoms with van der Waals surface area (Å²) < 4.78 is 51.8. The number of benzene rings is 1. The highest BCUT2D eigenvalue weighted by Crippen LogP contribution is 2.37. The Morgan fingerprint density at radius 2 is 2.11 bits per heavy atom. The predicted octanol–water partition coefficient (Wildman–Crippen LogP) is 3.77. The maximum Gasteiger partial charge on any atom is 0.421 e. The van der Waals surface area contributed by atoms with Crippen molar-refractivity contribution < 1.29 is 17.4 Å². The molecule has 1 fully saturated rings. The van der Waals surface area contributed by atoms with E-state index >= 15 is 0 Å². The normalized spacial score (nSPS) is 18.8. The second-order valence-electron chi connectivity index (χ2n) is 7.02. The van der Waals surface area contributed by atoms with Gasteiger partial charge in [0.2, 0.25) is 5.95 Å². The Morgan fingerprint density at radius 1 is 1.36 bits per heavy atom. The molecule has 0 amide bonds. The van der Waals surface area contributed by atoms with Crippen LogP contribution < -0.4 is 15.4 Å². The molecular weight excluding hydrogens is 391 g/mol. The third-order valence-corrected chi connectivity index (χ3v) is 5.43. The number of nitrogens with one attached hydrogen (secondary N) is 1. The van der Waals surface area contributed by atoms with Gasteiger partial charge < -0.3 is 10.2 Å². The zero-order valence-corrected chi connectivity index (χ0v) is 16.4. The van der Waals surface area contributed by atoms with E-state index in [1.165, 1.54) is 0 Å². The summed E-state index contributed by atoms with van der Waals surface area (Å²) in [6.45, 7) is 4.84. The van der Waals surface area contributed by atoms with E-state index in [9.17, 15) is 17.4 Å². The zero-order chi connectivity index (χ0) is 20.5. The molecule has 3 N–H and O–H groups in total. The van der Waals surface area contributed by atoms with Gasteiger partial charge in [0.1, 0.15) is 22.4 Å². The third kappa shape index (κ3) is 4.61. The summed E-state index contributed by atoms with van der Waals surface area (Å²) >= 11 is 0. The lowest BCUT2D eigenvalue weighted by Gasteiger charge is -2.33. The second kappa shape index (κ2) is 8.04. The minimum atomic E-state index is -4.53. The average Bonchev–Trinajstić information content (AvgIpc) is 2.62. The van der Waals surface area contributed by atoms with E-state index in [-0.39, 0.29) is 11.8 Å². The van der Waals surface area contributed by atoms with Gasteiger partial charge in [-0.15, -0.1) is 0 Å². The fourth-order valence-electron chi connectivity index (χ4n) is 3.28. The summed E-state index contributed by atoms with van der Waals surface area (Å²) in [7, 11) is -1.61. The second-order valence-corrected chi connectivity index (χ2v) is 8.09. The molecule has 0 bridgehead atoms. The minimum absolute atomic E-state index is 0.0750. The van der Waals surface area contributed by atoms with Crippen molar-refractivity contribution in [3.63, 3.8) is 0 Å². The smallest absolute Gasteiger partial charge is 0.356 e. The first-order chi connectivity index (χ1) is 13.1. The lowest BCUT2D eigenvalue weighted by Crippen LogP contribution is -2.36. The van der Waals surface area contributed by atoms with Crippen molar-refractivity contribution in [2.75, 3.05) is 23.3 Å². The van der Waals surface area contributed by atoms with Crippen molar-refractivity contribution in [1.82, 2.24) is 9.97 Å². The van der Waals surface area contributed by atoms with E-state index in [0.717, 1.165) is 24.6 Å². The maximum absolute atomic E-state index is 13.5. The fourth-order valence-corrected chi connectivity index (χ4v) is 3.77. The first-order valence-corrected chi connectivity index (χ1v) is 10.1. The van der Waals surface area contributed by atoms with Crippen molar-refractivity contribution >= 4 is 28.4 Å². The lowest BCUT2D eigenvalue weighted by molar-refractivity contribution is -0.137. The zero-order valence-electron chi connectivity index (χ0n) is 15.6. The molecule has 28 heavy (non-hydrogen) atoms. The molecule has 2 heterocycles. The van der Waals surface area contributed by atoms with Crippen LogP contribution in [0, 0.1) is 12.8 Å². The van der Waals surface area contributed by atoms with Crippen LogP contribution in [0.1, 0.15) is 30.9 Å². The Labute approximate surface area is 163 Å². The lowest BCUT2D eigenvalue weighted by atomic mass is 10.00. The highest BCUT2D eigenvalue weighted by atomic mass is 32.2. The molecule has 152 valence electrons. The molecule has 10 heteroatoms. The first kappa shape index (κ1) is 20.5. The first-order valence-electron chi connectivity index (χ1n) is 8.88. The molecule has 1 aromatic carbocycles. The molecule has 2 atom stereocenters. The van der Waals surface area contributed by atoms with Gasteiger partial charge in [0, 0.05) is 25.0 Å². The van der Waals surface area contributed by atoms with Crippen molar-refractivity contribution in [3.8, 4) is 0 Å². The van der Waals surface area contributed by atoms with Crippen LogP contribution in [-0.4, -0.2) is 27.3 Å². The molecule has 1 aromatic heterocycles. The highest BCUT2D eigenvalue weighted by Gasteiger charge is 2.37. The molecule has 0 saturated carbocycles. The molecule has 3 rings (SSSR count). The van der Waals surface area contributed by atoms with Gasteiger partial charge in [-0.25, -0.2) is 14.3 Å². The largest absolute Gasteiger partial charge is 0.421 e. The number of nitrogens with zero attached hydrogens (tertiary/aromatic N) is 3. The van der Waals surface area contributed by atoms with Gasteiger partial charge >= 0.3 is 6.18 Å². The Bertz CT molecular complexity index is 890. The minimum Gasteiger partial charge on any atom is -0.356 e. The number of alkyl halides is 3. The summed E-state index contributed by atoms with van der Waals surface area (Å²) in [5, 5.41) is 8.32. The van der Waals surface area contributed by atoms with Crippen molar-refractivity contribution in [1.29, 1.82) is 0 Å². The quantitative estimate of drug-likeness (QED) is 0.797. The Balaban J connectivity index is 1.94. The van der Waals surface area contributed by atoms with E-state index in [4.69, 9.17) is 5.14 Å². The van der Waals surface area contributed by atoms with Gasteiger partial charge in [0.15, 0.2) is 0 Å². The van der Waals surface area contributed by atoms with Gasteiger partial charge in [0.25, 0.3) is 0 Å². The summed E-state index contributed by atoms with van der Waals surface area (Å²) in [6.07, 6.45) is -1.90. The van der Waals surface area contributed by atoms with Crippen molar-refractivity contribution in [2.24, 2.45) is 11.1 Å². The number of piperidine rings is 1. The summed E-state index contributed by atoms with van der Waals surface area (Å²) in [5.74, 6) is 0.271. The number of aryl methyl sites for hydroxylation is 1. The van der Waals surface area contributed by atoms with Crippen LogP contribution in [0.5, 0.6) is 0 Å². The average molecular weight is 413 g/mol. The van der Waals surface area contributed by atoms with Gasteiger partial charge in [-0.3, -0.25) is 0 Å². The number of anilines is 3. The molecule has 0 aliphatic carbocycles. The van der Waals surface area contributed by atoms with Crippen LogP contribution in [0.3, 0.4) is 0 Å². The van der Waals surface area contributed by atoms with Crippen molar-refractivity contribution in [2.45, 2.75) is 37.8 Å². The van der Waals surface area contributed by atoms with Crippen molar-refractivity contribution in [3.05, 3.63) is 35.5 Å².